The molecule has 0 atom stereocenters. The predicted octanol–water partition coefficient (Wildman–Crippen LogP) is 4.84. The summed E-state index contributed by atoms with van der Waals surface area (Å²) in [5, 5.41) is 4.77. The van der Waals surface area contributed by atoms with Crippen LogP contribution in [0.2, 0.25) is 0 Å². The summed E-state index contributed by atoms with van der Waals surface area (Å²) >= 11 is 5.76. The topological polar surface area (TPSA) is 29.2 Å². The molecule has 0 bridgehead atoms. The first kappa shape index (κ1) is 21.2. The van der Waals surface area contributed by atoms with Gasteiger partial charge < -0.3 is 0 Å². The number of benzene rings is 2. The van der Waals surface area contributed by atoms with E-state index in [1.54, 1.807) is 12.1 Å². The van der Waals surface area contributed by atoms with Crippen molar-refractivity contribution >= 4 is 18.3 Å². The summed E-state index contributed by atoms with van der Waals surface area (Å²) in [6.07, 6.45) is 6.58. The lowest BCUT2D eigenvalue weighted by atomic mass is 10.2. The first-order valence-corrected chi connectivity index (χ1v) is 11.7. The molecule has 1 aliphatic heterocycles. The third kappa shape index (κ3) is 4.75. The molecule has 1 aliphatic carbocycles. The monoisotopic (exact) mass is 449 g/mol. The molecule has 5 rings (SSSR count). The highest BCUT2D eigenvalue weighted by Gasteiger charge is 2.30. The maximum Gasteiger partial charge on any atom is 0.199 e. The van der Waals surface area contributed by atoms with Crippen LogP contribution in [-0.4, -0.2) is 56.9 Å². The van der Waals surface area contributed by atoms with E-state index in [1.807, 2.05) is 16.8 Å². The zero-order valence-electron chi connectivity index (χ0n) is 18.1. The van der Waals surface area contributed by atoms with Gasteiger partial charge in [0.25, 0.3) is 0 Å². The molecule has 7 heteroatoms. The van der Waals surface area contributed by atoms with Crippen LogP contribution < -0.4 is 0 Å². The minimum Gasteiger partial charge on any atom is -0.297 e. The van der Waals surface area contributed by atoms with Crippen LogP contribution in [-0.2, 0) is 6.67 Å². The fourth-order valence-corrected chi connectivity index (χ4v) is 4.54. The van der Waals surface area contributed by atoms with Gasteiger partial charge in [0.2, 0.25) is 0 Å². The summed E-state index contributed by atoms with van der Waals surface area (Å²) in [5.41, 5.74) is 1.76. The van der Waals surface area contributed by atoms with E-state index in [-0.39, 0.29) is 5.82 Å². The normalized spacial score (nSPS) is 17.9. The Bertz CT molecular complexity index is 1140. The Morgan fingerprint density at radius 1 is 0.938 bits per heavy atom. The van der Waals surface area contributed by atoms with Crippen molar-refractivity contribution in [3.63, 3.8) is 0 Å². The third-order valence-electron chi connectivity index (χ3n) is 6.17. The highest BCUT2D eigenvalue weighted by molar-refractivity contribution is 7.71. The lowest BCUT2D eigenvalue weighted by Gasteiger charge is -2.33. The molecule has 0 radical (unpaired) electrons. The molecule has 1 saturated heterocycles. The second-order valence-electron chi connectivity index (χ2n) is 8.56. The minimum atomic E-state index is -0.251. The summed E-state index contributed by atoms with van der Waals surface area (Å²) in [5.74, 6) is 0.402. The number of hydrogen-bond acceptors (Lipinski definition) is 4. The van der Waals surface area contributed by atoms with Crippen LogP contribution in [0.5, 0.6) is 0 Å². The van der Waals surface area contributed by atoms with Crippen molar-refractivity contribution in [2.75, 3.05) is 32.7 Å². The molecule has 2 aliphatic rings. The number of halogens is 1. The Balaban J connectivity index is 1.23. The molecule has 3 aromatic rings. The number of nitrogens with zero attached hydrogens (tertiary/aromatic N) is 5. The summed E-state index contributed by atoms with van der Waals surface area (Å²) in [7, 11) is 0. The van der Waals surface area contributed by atoms with Crippen LogP contribution in [0.3, 0.4) is 0 Å². The van der Waals surface area contributed by atoms with Crippen LogP contribution in [0.15, 0.2) is 60.7 Å². The van der Waals surface area contributed by atoms with Gasteiger partial charge in [0.1, 0.15) is 5.82 Å². The number of hydrogen-bond donors (Lipinski definition) is 0. The first-order chi connectivity index (χ1) is 15.7. The van der Waals surface area contributed by atoms with Gasteiger partial charge in [-0.25, -0.2) is 9.07 Å². The smallest absolute Gasteiger partial charge is 0.199 e. The van der Waals surface area contributed by atoms with Crippen LogP contribution in [0.1, 0.15) is 24.4 Å². The Morgan fingerprint density at radius 3 is 2.34 bits per heavy atom. The van der Waals surface area contributed by atoms with Crippen molar-refractivity contribution in [3.8, 4) is 11.4 Å². The molecular formula is C25H28FN5S. The summed E-state index contributed by atoms with van der Waals surface area (Å²) < 4.78 is 19.1. The Hall–Kier alpha value is -2.61. The van der Waals surface area contributed by atoms with Gasteiger partial charge in [-0.15, -0.1) is 0 Å². The van der Waals surface area contributed by atoms with Gasteiger partial charge in [0.05, 0.1) is 12.2 Å². The van der Waals surface area contributed by atoms with Gasteiger partial charge >= 0.3 is 0 Å². The molecule has 32 heavy (non-hydrogen) atoms. The lowest BCUT2D eigenvalue weighted by Crippen LogP contribution is -2.46. The molecule has 166 valence electrons. The fraction of sp³-hybridized carbons (Fsp3) is 0.360. The van der Waals surface area contributed by atoms with Gasteiger partial charge in [0, 0.05) is 38.8 Å². The molecule has 2 aromatic carbocycles. The van der Waals surface area contributed by atoms with Crippen molar-refractivity contribution in [2.45, 2.75) is 25.6 Å². The van der Waals surface area contributed by atoms with Crippen molar-refractivity contribution in [2.24, 2.45) is 0 Å². The highest BCUT2D eigenvalue weighted by Crippen LogP contribution is 2.39. The highest BCUT2D eigenvalue weighted by atomic mass is 32.1. The van der Waals surface area contributed by atoms with Gasteiger partial charge in [-0.2, -0.15) is 5.10 Å². The quantitative estimate of drug-likeness (QED) is 0.483. The number of aromatic nitrogens is 3. The maximum absolute atomic E-state index is 14.5. The molecule has 2 heterocycles. The molecule has 0 spiro atoms. The van der Waals surface area contributed by atoms with E-state index in [1.165, 1.54) is 11.6 Å². The maximum atomic E-state index is 14.5. The standard InChI is InChI=1S/C25H28FN5S/c26-23-11-5-4-10-22(23)24-27-30(25(32)31(24)21-12-13-21)19-29-17-15-28(16-18-29)14-6-9-20-7-2-1-3-8-20/h1-11,21H,12-19H2/b9-6+. The number of rotatable bonds is 7. The fourth-order valence-electron chi connectivity index (χ4n) is 4.21. The Labute approximate surface area is 193 Å². The second-order valence-corrected chi connectivity index (χ2v) is 8.93. The molecule has 0 N–H and O–H groups in total. The number of piperazine rings is 1. The zero-order chi connectivity index (χ0) is 21.9. The first-order valence-electron chi connectivity index (χ1n) is 11.3. The van der Waals surface area contributed by atoms with Gasteiger partial charge in [-0.1, -0.05) is 54.6 Å². The van der Waals surface area contributed by atoms with E-state index in [0.717, 1.165) is 45.6 Å². The average Bonchev–Trinajstić information content (AvgIpc) is 3.60. The summed E-state index contributed by atoms with van der Waals surface area (Å²) in [4.78, 5) is 4.84. The van der Waals surface area contributed by atoms with Crippen LogP contribution >= 0.6 is 12.2 Å². The predicted molar refractivity (Wildman–Crippen MR) is 128 cm³/mol. The van der Waals surface area contributed by atoms with E-state index in [9.17, 15) is 4.39 Å². The van der Waals surface area contributed by atoms with Gasteiger partial charge in [-0.05, 0) is 42.8 Å². The van der Waals surface area contributed by atoms with E-state index in [4.69, 9.17) is 17.3 Å². The van der Waals surface area contributed by atoms with Crippen molar-refractivity contribution in [1.82, 2.24) is 24.1 Å². The molecule has 1 aromatic heterocycles. The van der Waals surface area contributed by atoms with Crippen LogP contribution in [0.4, 0.5) is 4.39 Å². The zero-order valence-corrected chi connectivity index (χ0v) is 18.9. The molecule has 5 nitrogen and oxygen atoms in total. The largest absolute Gasteiger partial charge is 0.297 e. The average molecular weight is 450 g/mol. The van der Waals surface area contributed by atoms with Gasteiger partial charge in [-0.3, -0.25) is 14.4 Å². The Kier molecular flexibility index (Phi) is 6.30. The second kappa shape index (κ2) is 9.48. The molecule has 2 fully saturated rings. The Morgan fingerprint density at radius 2 is 1.62 bits per heavy atom. The van der Waals surface area contributed by atoms with Crippen LogP contribution in [0.25, 0.3) is 17.5 Å². The van der Waals surface area contributed by atoms with E-state index >= 15 is 0 Å². The van der Waals surface area contributed by atoms with E-state index < -0.39 is 0 Å². The molecule has 0 unspecified atom stereocenters. The lowest BCUT2D eigenvalue weighted by molar-refractivity contribution is 0.110. The van der Waals surface area contributed by atoms with Crippen molar-refractivity contribution in [3.05, 3.63) is 76.8 Å². The SMILES string of the molecule is Fc1ccccc1-c1nn(CN2CCN(C/C=C/c3ccccc3)CC2)c(=S)n1C1CC1. The molecule has 1 saturated carbocycles. The van der Waals surface area contributed by atoms with Gasteiger partial charge in [0.15, 0.2) is 10.6 Å². The summed E-state index contributed by atoms with van der Waals surface area (Å²) in [6.45, 7) is 5.55. The van der Waals surface area contributed by atoms with E-state index in [2.05, 4.69) is 50.8 Å². The minimum absolute atomic E-state index is 0.251. The van der Waals surface area contributed by atoms with Crippen molar-refractivity contribution in [1.29, 1.82) is 0 Å². The third-order valence-corrected chi connectivity index (χ3v) is 6.58. The van der Waals surface area contributed by atoms with Crippen molar-refractivity contribution < 1.29 is 4.39 Å². The molecular weight excluding hydrogens is 421 g/mol. The summed E-state index contributed by atoms with van der Waals surface area (Å²) in [6, 6.07) is 17.6. The van der Waals surface area contributed by atoms with Crippen LogP contribution in [0, 0.1) is 10.6 Å². The van der Waals surface area contributed by atoms with E-state index in [0.29, 0.717) is 28.9 Å². The molecule has 0 amide bonds.